The zero-order valence-corrected chi connectivity index (χ0v) is 11.8. The molecule has 0 aliphatic heterocycles. The van der Waals surface area contributed by atoms with Crippen molar-refractivity contribution < 1.29 is 0 Å². The van der Waals surface area contributed by atoms with Crippen molar-refractivity contribution in [2.75, 3.05) is 11.1 Å². The molecule has 1 atom stereocenters. The van der Waals surface area contributed by atoms with E-state index in [4.69, 9.17) is 17.3 Å². The molecule has 1 unspecified atom stereocenters. The molecule has 3 N–H and O–H groups in total. The number of aryl methyl sites for hydroxylation is 1. The van der Waals surface area contributed by atoms with Crippen LogP contribution in [0.4, 0.5) is 11.8 Å². The van der Waals surface area contributed by atoms with E-state index in [1.54, 1.807) is 11.3 Å². The summed E-state index contributed by atoms with van der Waals surface area (Å²) in [5.74, 6) is 0.811. The van der Waals surface area contributed by atoms with Crippen molar-refractivity contribution >= 4 is 34.7 Å². The van der Waals surface area contributed by atoms with Gasteiger partial charge in [-0.25, -0.2) is 4.98 Å². The molecule has 2 aromatic rings. The van der Waals surface area contributed by atoms with Gasteiger partial charge in [-0.2, -0.15) is 4.98 Å². The predicted octanol–water partition coefficient (Wildman–Crippen LogP) is 3.13. The highest BCUT2D eigenvalue weighted by atomic mass is 35.5. The SMILES string of the molecule is Cc1ccc(CC(C)Nc2nc(N)ncc2Cl)s1. The summed E-state index contributed by atoms with van der Waals surface area (Å²) in [7, 11) is 0. The lowest BCUT2D eigenvalue weighted by atomic mass is 10.2. The van der Waals surface area contributed by atoms with Gasteiger partial charge in [0.15, 0.2) is 5.82 Å². The van der Waals surface area contributed by atoms with Crippen LogP contribution in [-0.4, -0.2) is 16.0 Å². The molecule has 0 amide bonds. The Kier molecular flexibility index (Phi) is 4.04. The van der Waals surface area contributed by atoms with Gasteiger partial charge in [-0.05, 0) is 26.0 Å². The standard InChI is InChI=1S/C12H15ClN4S/c1-7(5-9-4-3-8(2)18-9)16-11-10(13)6-15-12(14)17-11/h3-4,6-7H,5H2,1-2H3,(H3,14,15,16,17). The number of nitrogen functional groups attached to an aromatic ring is 1. The highest BCUT2D eigenvalue weighted by Crippen LogP contribution is 2.21. The molecular weight excluding hydrogens is 268 g/mol. The van der Waals surface area contributed by atoms with E-state index >= 15 is 0 Å². The van der Waals surface area contributed by atoms with E-state index in [9.17, 15) is 0 Å². The van der Waals surface area contributed by atoms with Crippen LogP contribution in [0.25, 0.3) is 0 Å². The van der Waals surface area contributed by atoms with Gasteiger partial charge in [0, 0.05) is 22.2 Å². The molecule has 0 saturated carbocycles. The Balaban J connectivity index is 2.02. The molecule has 96 valence electrons. The van der Waals surface area contributed by atoms with Crippen molar-refractivity contribution in [2.24, 2.45) is 0 Å². The second-order valence-corrected chi connectivity index (χ2v) is 5.97. The molecule has 0 saturated heterocycles. The molecule has 2 aromatic heterocycles. The smallest absolute Gasteiger partial charge is 0.222 e. The van der Waals surface area contributed by atoms with E-state index in [0.29, 0.717) is 10.8 Å². The van der Waals surface area contributed by atoms with Crippen molar-refractivity contribution in [1.29, 1.82) is 0 Å². The molecule has 18 heavy (non-hydrogen) atoms. The van der Waals surface area contributed by atoms with E-state index in [-0.39, 0.29) is 12.0 Å². The van der Waals surface area contributed by atoms with Gasteiger partial charge in [-0.3, -0.25) is 0 Å². The normalized spacial score (nSPS) is 12.4. The molecule has 0 aliphatic carbocycles. The quantitative estimate of drug-likeness (QED) is 0.904. The van der Waals surface area contributed by atoms with E-state index < -0.39 is 0 Å². The number of hydrogen-bond acceptors (Lipinski definition) is 5. The van der Waals surface area contributed by atoms with Gasteiger partial charge in [-0.1, -0.05) is 11.6 Å². The minimum absolute atomic E-state index is 0.223. The fourth-order valence-corrected chi connectivity index (χ4v) is 2.83. The molecule has 2 heterocycles. The average molecular weight is 283 g/mol. The van der Waals surface area contributed by atoms with Crippen LogP contribution in [0.5, 0.6) is 0 Å². The Morgan fingerprint density at radius 1 is 1.50 bits per heavy atom. The number of nitrogens with one attached hydrogen (secondary N) is 1. The van der Waals surface area contributed by atoms with Gasteiger partial charge in [0.05, 0.1) is 6.20 Å². The molecule has 0 spiro atoms. The van der Waals surface area contributed by atoms with Crippen LogP contribution in [-0.2, 0) is 6.42 Å². The fourth-order valence-electron chi connectivity index (χ4n) is 1.66. The molecular formula is C12H15ClN4S. The Bertz CT molecular complexity index is 541. The average Bonchev–Trinajstić information content (AvgIpc) is 2.69. The van der Waals surface area contributed by atoms with Crippen molar-refractivity contribution in [3.63, 3.8) is 0 Å². The number of halogens is 1. The van der Waals surface area contributed by atoms with Crippen LogP contribution in [0.2, 0.25) is 5.02 Å². The number of nitrogens with two attached hydrogens (primary N) is 1. The Morgan fingerprint density at radius 2 is 2.28 bits per heavy atom. The molecule has 0 fully saturated rings. The third kappa shape index (κ3) is 3.34. The summed E-state index contributed by atoms with van der Waals surface area (Å²) in [6.07, 6.45) is 2.44. The van der Waals surface area contributed by atoms with Crippen LogP contribution in [0, 0.1) is 6.92 Å². The van der Waals surface area contributed by atoms with Crippen LogP contribution in [0.3, 0.4) is 0 Å². The Labute approximate surface area is 115 Å². The number of rotatable bonds is 4. The molecule has 2 rings (SSSR count). The van der Waals surface area contributed by atoms with Gasteiger partial charge in [0.1, 0.15) is 5.02 Å². The molecule has 0 bridgehead atoms. The zero-order valence-electron chi connectivity index (χ0n) is 10.3. The first-order chi connectivity index (χ1) is 8.54. The number of aromatic nitrogens is 2. The van der Waals surface area contributed by atoms with E-state index in [1.807, 2.05) is 0 Å². The lowest BCUT2D eigenvalue weighted by Crippen LogP contribution is -2.19. The van der Waals surface area contributed by atoms with Gasteiger partial charge in [0.2, 0.25) is 5.95 Å². The van der Waals surface area contributed by atoms with Gasteiger partial charge < -0.3 is 11.1 Å². The lowest BCUT2D eigenvalue weighted by Gasteiger charge is -2.14. The first kappa shape index (κ1) is 13.1. The number of anilines is 2. The van der Waals surface area contributed by atoms with Gasteiger partial charge in [-0.15, -0.1) is 11.3 Å². The first-order valence-electron chi connectivity index (χ1n) is 5.64. The topological polar surface area (TPSA) is 63.8 Å². The van der Waals surface area contributed by atoms with Crippen LogP contribution < -0.4 is 11.1 Å². The first-order valence-corrected chi connectivity index (χ1v) is 6.84. The molecule has 6 heteroatoms. The summed E-state index contributed by atoms with van der Waals surface area (Å²) in [5.41, 5.74) is 5.54. The highest BCUT2D eigenvalue weighted by molar-refractivity contribution is 7.11. The van der Waals surface area contributed by atoms with Crippen molar-refractivity contribution in [3.05, 3.63) is 33.1 Å². The zero-order chi connectivity index (χ0) is 13.1. The van der Waals surface area contributed by atoms with E-state index in [1.165, 1.54) is 16.0 Å². The summed E-state index contributed by atoms with van der Waals surface area (Å²) in [6.45, 7) is 4.19. The minimum Gasteiger partial charge on any atom is -0.368 e. The van der Waals surface area contributed by atoms with Crippen molar-refractivity contribution in [3.8, 4) is 0 Å². The summed E-state index contributed by atoms with van der Waals surface area (Å²) in [4.78, 5) is 10.6. The molecule has 0 aliphatic rings. The lowest BCUT2D eigenvalue weighted by molar-refractivity contribution is 0.794. The van der Waals surface area contributed by atoms with E-state index in [0.717, 1.165) is 6.42 Å². The van der Waals surface area contributed by atoms with Gasteiger partial charge in [0.25, 0.3) is 0 Å². The number of thiophene rings is 1. The molecule has 0 aromatic carbocycles. The largest absolute Gasteiger partial charge is 0.368 e. The summed E-state index contributed by atoms with van der Waals surface area (Å²) in [5, 5.41) is 3.74. The molecule has 0 radical (unpaired) electrons. The van der Waals surface area contributed by atoms with E-state index in [2.05, 4.69) is 41.3 Å². The third-order valence-electron chi connectivity index (χ3n) is 2.45. The Hall–Kier alpha value is -1.33. The monoisotopic (exact) mass is 282 g/mol. The second-order valence-electron chi connectivity index (χ2n) is 4.19. The predicted molar refractivity (Wildman–Crippen MR) is 77.3 cm³/mol. The fraction of sp³-hybridized carbons (Fsp3) is 0.333. The van der Waals surface area contributed by atoms with Crippen molar-refractivity contribution in [1.82, 2.24) is 9.97 Å². The number of hydrogen-bond donors (Lipinski definition) is 2. The third-order valence-corrected chi connectivity index (χ3v) is 3.75. The Morgan fingerprint density at radius 3 is 2.94 bits per heavy atom. The molecule has 4 nitrogen and oxygen atoms in total. The highest BCUT2D eigenvalue weighted by Gasteiger charge is 2.09. The van der Waals surface area contributed by atoms with Gasteiger partial charge >= 0.3 is 0 Å². The second kappa shape index (κ2) is 5.54. The number of nitrogens with zero attached hydrogens (tertiary/aromatic N) is 2. The maximum Gasteiger partial charge on any atom is 0.222 e. The maximum atomic E-state index is 6.01. The summed E-state index contributed by atoms with van der Waals surface area (Å²) < 4.78 is 0. The van der Waals surface area contributed by atoms with Crippen LogP contribution in [0.1, 0.15) is 16.7 Å². The minimum atomic E-state index is 0.223. The maximum absolute atomic E-state index is 6.01. The van der Waals surface area contributed by atoms with Crippen LogP contribution >= 0.6 is 22.9 Å². The summed E-state index contributed by atoms with van der Waals surface area (Å²) in [6, 6.07) is 4.51. The van der Waals surface area contributed by atoms with Crippen molar-refractivity contribution in [2.45, 2.75) is 26.3 Å². The van der Waals surface area contributed by atoms with Crippen LogP contribution in [0.15, 0.2) is 18.3 Å². The summed E-state index contributed by atoms with van der Waals surface area (Å²) >= 11 is 7.81.